The lowest BCUT2D eigenvalue weighted by Gasteiger charge is -2.13. The molecule has 4 rings (SSSR count). The van der Waals surface area contributed by atoms with Crippen LogP contribution in [-0.2, 0) is 17.9 Å². The fraction of sp³-hybridized carbons (Fsp3) is 0.167. The molecule has 0 atom stereocenters. The van der Waals surface area contributed by atoms with Crippen LogP contribution in [0, 0.1) is 6.92 Å². The lowest BCUT2D eigenvalue weighted by Crippen LogP contribution is -2.29. The van der Waals surface area contributed by atoms with Crippen LogP contribution in [0.2, 0.25) is 0 Å². The van der Waals surface area contributed by atoms with Gasteiger partial charge in [0, 0.05) is 5.56 Å². The number of carbonyl (C=O) groups excluding carboxylic acids is 1. The molecule has 1 aliphatic rings. The minimum atomic E-state index is -0.199. The molecule has 1 aromatic heterocycles. The Labute approximate surface area is 186 Å². The molecule has 0 bridgehead atoms. The van der Waals surface area contributed by atoms with Crippen LogP contribution in [0.5, 0.6) is 11.5 Å². The molecular formula is C24H22N2O4S. The smallest absolute Gasteiger partial charge is 0.276 e. The number of carbonyl (C=O) groups is 1. The monoisotopic (exact) mass is 434 g/mol. The number of ether oxygens (including phenoxy) is 2. The first-order valence-electron chi connectivity index (χ1n) is 9.77. The average Bonchev–Trinajstić information content (AvgIpc) is 3.37. The highest BCUT2D eigenvalue weighted by Crippen LogP contribution is 2.25. The lowest BCUT2D eigenvalue weighted by molar-refractivity contribution is -0.122. The number of amides is 1. The van der Waals surface area contributed by atoms with Crippen molar-refractivity contribution in [1.29, 1.82) is 0 Å². The maximum absolute atomic E-state index is 12.8. The Bertz CT molecular complexity index is 1140. The van der Waals surface area contributed by atoms with Crippen molar-refractivity contribution in [1.82, 2.24) is 10.2 Å². The molecule has 0 radical (unpaired) electrons. The Hall–Kier alpha value is -3.58. The van der Waals surface area contributed by atoms with Crippen molar-refractivity contribution in [3.8, 4) is 11.5 Å². The minimum absolute atomic E-state index is 0.199. The largest absolute Gasteiger partial charge is 0.496 e. The van der Waals surface area contributed by atoms with Gasteiger partial charge in [-0.25, -0.2) is 0 Å². The summed E-state index contributed by atoms with van der Waals surface area (Å²) in [6.45, 7) is 2.63. The molecule has 1 N–H and O–H groups in total. The van der Waals surface area contributed by atoms with Gasteiger partial charge in [-0.15, -0.1) is 0 Å². The molecule has 7 heteroatoms. The highest BCUT2D eigenvalue weighted by Gasteiger charge is 2.31. The van der Waals surface area contributed by atoms with Gasteiger partial charge in [-0.3, -0.25) is 9.69 Å². The van der Waals surface area contributed by atoms with E-state index in [-0.39, 0.29) is 12.5 Å². The first-order valence-corrected chi connectivity index (χ1v) is 10.2. The number of thiocarbonyl (C=S) groups is 1. The Morgan fingerprint density at radius 2 is 1.97 bits per heavy atom. The number of furan rings is 1. The number of aryl methyl sites for hydroxylation is 1. The summed E-state index contributed by atoms with van der Waals surface area (Å²) in [7, 11) is 1.62. The maximum atomic E-state index is 12.8. The second kappa shape index (κ2) is 9.06. The van der Waals surface area contributed by atoms with Gasteiger partial charge < -0.3 is 19.2 Å². The van der Waals surface area contributed by atoms with Gasteiger partial charge in [0.1, 0.15) is 29.6 Å². The van der Waals surface area contributed by atoms with E-state index in [2.05, 4.69) is 5.32 Å². The summed E-state index contributed by atoms with van der Waals surface area (Å²) in [6.07, 6.45) is 3.34. The number of rotatable bonds is 7. The van der Waals surface area contributed by atoms with Gasteiger partial charge in [0.25, 0.3) is 5.91 Å². The number of hydrogen-bond acceptors (Lipinski definition) is 5. The van der Waals surface area contributed by atoms with E-state index in [9.17, 15) is 4.79 Å². The number of benzene rings is 2. The van der Waals surface area contributed by atoms with Crippen LogP contribution in [0.25, 0.3) is 6.08 Å². The Kier molecular flexibility index (Phi) is 6.04. The van der Waals surface area contributed by atoms with Gasteiger partial charge >= 0.3 is 0 Å². The van der Waals surface area contributed by atoms with Gasteiger partial charge in [0.2, 0.25) is 0 Å². The first-order chi connectivity index (χ1) is 15.0. The van der Waals surface area contributed by atoms with Gasteiger partial charge in [0.05, 0.1) is 19.9 Å². The third-order valence-corrected chi connectivity index (χ3v) is 5.27. The number of nitrogens with one attached hydrogen (secondary N) is 1. The van der Waals surface area contributed by atoms with Gasteiger partial charge in [-0.1, -0.05) is 24.3 Å². The van der Waals surface area contributed by atoms with Crippen molar-refractivity contribution in [3.05, 3.63) is 89.0 Å². The maximum Gasteiger partial charge on any atom is 0.276 e. The van der Waals surface area contributed by atoms with E-state index in [1.165, 1.54) is 4.90 Å². The third-order valence-electron chi connectivity index (χ3n) is 4.95. The summed E-state index contributed by atoms with van der Waals surface area (Å²) in [6, 6.07) is 17.1. The molecule has 158 valence electrons. The Morgan fingerprint density at radius 3 is 2.71 bits per heavy atom. The second-order valence-electron chi connectivity index (χ2n) is 7.08. The van der Waals surface area contributed by atoms with Crippen LogP contribution in [0.4, 0.5) is 0 Å². The fourth-order valence-electron chi connectivity index (χ4n) is 3.32. The predicted molar refractivity (Wildman–Crippen MR) is 121 cm³/mol. The van der Waals surface area contributed by atoms with E-state index in [1.54, 1.807) is 25.5 Å². The van der Waals surface area contributed by atoms with E-state index in [1.807, 2.05) is 55.5 Å². The number of para-hydroxylation sites is 1. The molecule has 1 amide bonds. The van der Waals surface area contributed by atoms with E-state index in [4.69, 9.17) is 26.1 Å². The number of methoxy groups -OCH3 is 1. The standard InChI is InChI=1S/C24H22N2O4S/c1-16-6-3-4-8-21(16)30-15-18-12-17(9-10-22(18)28-2)13-20-23(27)26(24(31)25-20)14-19-7-5-11-29-19/h3-13H,14-15H2,1-2H3,(H,25,31)/b20-13+. The van der Waals surface area contributed by atoms with Crippen LogP contribution < -0.4 is 14.8 Å². The molecule has 1 saturated heterocycles. The number of hydrogen-bond donors (Lipinski definition) is 1. The zero-order chi connectivity index (χ0) is 21.8. The second-order valence-corrected chi connectivity index (χ2v) is 7.47. The van der Waals surface area contributed by atoms with Crippen molar-refractivity contribution in [2.45, 2.75) is 20.1 Å². The Morgan fingerprint density at radius 1 is 1.13 bits per heavy atom. The molecule has 2 heterocycles. The topological polar surface area (TPSA) is 63.9 Å². The molecule has 0 saturated carbocycles. The van der Waals surface area contributed by atoms with E-state index in [0.29, 0.717) is 23.2 Å². The normalized spacial score (nSPS) is 14.8. The zero-order valence-corrected chi connectivity index (χ0v) is 18.1. The molecule has 0 aliphatic carbocycles. The third kappa shape index (κ3) is 4.62. The fourth-order valence-corrected chi connectivity index (χ4v) is 3.57. The summed E-state index contributed by atoms with van der Waals surface area (Å²) in [5.74, 6) is 2.00. The molecule has 2 aromatic carbocycles. The molecule has 0 unspecified atom stereocenters. The van der Waals surface area contributed by atoms with Crippen molar-refractivity contribution >= 4 is 29.3 Å². The Balaban J connectivity index is 1.53. The van der Waals surface area contributed by atoms with Gasteiger partial charge in [-0.05, 0) is 66.7 Å². The summed E-state index contributed by atoms with van der Waals surface area (Å²) >= 11 is 5.33. The van der Waals surface area contributed by atoms with Crippen LogP contribution in [-0.4, -0.2) is 23.0 Å². The molecule has 31 heavy (non-hydrogen) atoms. The molecule has 1 aliphatic heterocycles. The molecular weight excluding hydrogens is 412 g/mol. The van der Waals surface area contributed by atoms with Crippen LogP contribution in [0.3, 0.4) is 0 Å². The summed E-state index contributed by atoms with van der Waals surface area (Å²) < 4.78 is 16.8. The average molecular weight is 435 g/mol. The summed E-state index contributed by atoms with van der Waals surface area (Å²) in [4.78, 5) is 14.3. The highest BCUT2D eigenvalue weighted by molar-refractivity contribution is 7.80. The molecule has 6 nitrogen and oxygen atoms in total. The number of nitrogens with zero attached hydrogens (tertiary/aromatic N) is 1. The van der Waals surface area contributed by atoms with Crippen LogP contribution in [0.15, 0.2) is 71.0 Å². The van der Waals surface area contributed by atoms with E-state index >= 15 is 0 Å². The van der Waals surface area contributed by atoms with Crippen molar-refractivity contribution in [3.63, 3.8) is 0 Å². The van der Waals surface area contributed by atoms with E-state index in [0.717, 1.165) is 28.2 Å². The summed E-state index contributed by atoms with van der Waals surface area (Å²) in [5.41, 5.74) is 3.18. The molecule has 1 fully saturated rings. The zero-order valence-electron chi connectivity index (χ0n) is 17.3. The lowest BCUT2D eigenvalue weighted by atomic mass is 10.1. The van der Waals surface area contributed by atoms with E-state index < -0.39 is 0 Å². The highest BCUT2D eigenvalue weighted by atomic mass is 32.1. The predicted octanol–water partition coefficient (Wildman–Crippen LogP) is 4.43. The van der Waals surface area contributed by atoms with Crippen molar-refractivity contribution in [2.24, 2.45) is 0 Å². The molecule has 0 spiro atoms. The summed E-state index contributed by atoms with van der Waals surface area (Å²) in [5, 5.41) is 3.34. The first kappa shape index (κ1) is 20.7. The van der Waals surface area contributed by atoms with Crippen LogP contribution >= 0.6 is 12.2 Å². The molecule has 3 aromatic rings. The van der Waals surface area contributed by atoms with Gasteiger partial charge in [0.15, 0.2) is 5.11 Å². The SMILES string of the molecule is COc1ccc(/C=C2/NC(=S)N(Cc3ccco3)C2=O)cc1COc1ccccc1C. The van der Waals surface area contributed by atoms with Gasteiger partial charge in [-0.2, -0.15) is 0 Å². The van der Waals surface area contributed by atoms with Crippen LogP contribution in [0.1, 0.15) is 22.5 Å². The minimum Gasteiger partial charge on any atom is -0.496 e. The quantitative estimate of drug-likeness (QED) is 0.438. The van der Waals surface area contributed by atoms with Crippen molar-refractivity contribution in [2.75, 3.05) is 7.11 Å². The van der Waals surface area contributed by atoms with Crippen molar-refractivity contribution < 1.29 is 18.7 Å².